The second-order valence-corrected chi connectivity index (χ2v) is 9.58. The fourth-order valence-electron chi connectivity index (χ4n) is 3.88. The van der Waals surface area contributed by atoms with E-state index in [-0.39, 0.29) is 5.78 Å². The van der Waals surface area contributed by atoms with Gasteiger partial charge < -0.3 is 4.74 Å². The van der Waals surface area contributed by atoms with Crippen LogP contribution in [0.5, 0.6) is 5.75 Å². The number of aromatic nitrogens is 2. The lowest BCUT2D eigenvalue weighted by Crippen LogP contribution is -2.06. The molecule has 5 aromatic rings. The maximum atomic E-state index is 13.7. The first-order valence-electron chi connectivity index (χ1n) is 9.60. The van der Waals surface area contributed by atoms with Crippen molar-refractivity contribution in [2.75, 3.05) is 7.11 Å². The number of ketones is 1. The number of hydrogen-bond acceptors (Lipinski definition) is 3. The summed E-state index contributed by atoms with van der Waals surface area (Å²) < 4.78 is 9.50. The maximum absolute atomic E-state index is 13.7. The largest absolute Gasteiger partial charge is 0.497 e. The summed E-state index contributed by atoms with van der Waals surface area (Å²) in [6, 6.07) is 23.5. The predicted octanol–water partition coefficient (Wildman–Crippen LogP) is 6.63. The van der Waals surface area contributed by atoms with E-state index in [4.69, 9.17) is 4.74 Å². The molecule has 152 valence electrons. The normalized spacial score (nSPS) is 11.2. The molecular weight excluding hydrogens is 614 g/mol. The Morgan fingerprint density at radius 3 is 2.39 bits per heavy atom. The molecule has 0 saturated carbocycles. The van der Waals surface area contributed by atoms with E-state index in [0.29, 0.717) is 11.1 Å². The molecule has 3 aromatic carbocycles. The lowest BCUT2D eigenvalue weighted by molar-refractivity contribution is 0.104. The molecule has 4 nitrogen and oxygen atoms in total. The van der Waals surface area contributed by atoms with Crippen LogP contribution >= 0.6 is 45.2 Å². The van der Waals surface area contributed by atoms with Crippen LogP contribution in [-0.2, 0) is 0 Å². The lowest BCUT2D eigenvalue weighted by Gasteiger charge is -2.11. The van der Waals surface area contributed by atoms with Crippen molar-refractivity contribution < 1.29 is 9.53 Å². The monoisotopic (exact) mass is 630 g/mol. The summed E-state index contributed by atoms with van der Waals surface area (Å²) in [6.07, 6.45) is 1.78. The molecule has 31 heavy (non-hydrogen) atoms. The van der Waals surface area contributed by atoms with Gasteiger partial charge in [-0.05, 0) is 112 Å². The van der Waals surface area contributed by atoms with Gasteiger partial charge in [-0.15, -0.1) is 0 Å². The third-order valence-corrected chi connectivity index (χ3v) is 6.56. The third-order valence-electron chi connectivity index (χ3n) is 5.26. The van der Waals surface area contributed by atoms with E-state index in [1.54, 1.807) is 13.3 Å². The van der Waals surface area contributed by atoms with Crippen LogP contribution in [0.25, 0.3) is 27.6 Å². The van der Waals surface area contributed by atoms with Crippen LogP contribution in [0.3, 0.4) is 0 Å². The Balaban J connectivity index is 1.87. The quantitative estimate of drug-likeness (QED) is 0.166. The highest BCUT2D eigenvalue weighted by Gasteiger charge is 2.21. The van der Waals surface area contributed by atoms with E-state index in [2.05, 4.69) is 79.0 Å². The van der Waals surface area contributed by atoms with Crippen LogP contribution < -0.4 is 4.74 Å². The first-order valence-corrected chi connectivity index (χ1v) is 11.8. The maximum Gasteiger partial charge on any atom is 0.195 e. The van der Waals surface area contributed by atoms with E-state index < -0.39 is 0 Å². The number of fused-ring (bicyclic) bond motifs is 3. The summed E-state index contributed by atoms with van der Waals surface area (Å²) >= 11 is 4.61. The standard InChI is InChI=1S/C25H16I2N2O2/c1-31-18-8-5-15(6-9-18)25(30)21-14-17(27)13-20-19-12-16(26)7-10-22(19)29(24(20)21)23-4-2-3-11-28-23/h2-14H,1H3. The zero-order valence-corrected chi connectivity index (χ0v) is 20.8. The second kappa shape index (κ2) is 8.23. The van der Waals surface area contributed by atoms with Crippen molar-refractivity contribution in [2.45, 2.75) is 0 Å². The highest BCUT2D eigenvalue weighted by atomic mass is 127. The Kier molecular flexibility index (Phi) is 5.43. The van der Waals surface area contributed by atoms with Crippen LogP contribution in [0.4, 0.5) is 0 Å². The molecule has 5 rings (SSSR count). The molecule has 0 atom stereocenters. The minimum absolute atomic E-state index is 0.0270. The molecule has 2 aromatic heterocycles. The van der Waals surface area contributed by atoms with E-state index >= 15 is 0 Å². The average Bonchev–Trinajstić information content (AvgIpc) is 3.12. The first kappa shape index (κ1) is 20.4. The number of benzene rings is 3. The number of hydrogen-bond donors (Lipinski definition) is 0. The smallest absolute Gasteiger partial charge is 0.195 e. The van der Waals surface area contributed by atoms with Crippen molar-refractivity contribution in [1.82, 2.24) is 9.55 Å². The fourth-order valence-corrected chi connectivity index (χ4v) is 4.99. The van der Waals surface area contributed by atoms with Gasteiger partial charge in [-0.2, -0.15) is 0 Å². The predicted molar refractivity (Wildman–Crippen MR) is 140 cm³/mol. The van der Waals surface area contributed by atoms with Gasteiger partial charge in [0.15, 0.2) is 5.78 Å². The van der Waals surface area contributed by atoms with Crippen molar-refractivity contribution >= 4 is 72.8 Å². The van der Waals surface area contributed by atoms with Crippen LogP contribution in [0.2, 0.25) is 0 Å². The topological polar surface area (TPSA) is 44.1 Å². The number of methoxy groups -OCH3 is 1. The Morgan fingerprint density at radius 2 is 1.68 bits per heavy atom. The summed E-state index contributed by atoms with van der Waals surface area (Å²) in [6.45, 7) is 0. The molecule has 0 aliphatic rings. The molecule has 0 saturated heterocycles. The van der Waals surface area contributed by atoms with Gasteiger partial charge in [0.2, 0.25) is 0 Å². The molecule has 6 heteroatoms. The summed E-state index contributed by atoms with van der Waals surface area (Å²) in [5.41, 5.74) is 3.18. The minimum atomic E-state index is -0.0270. The van der Waals surface area contributed by atoms with Crippen molar-refractivity contribution in [1.29, 1.82) is 0 Å². The first-order chi connectivity index (χ1) is 15.1. The molecule has 0 radical (unpaired) electrons. The molecule has 0 amide bonds. The molecule has 2 heterocycles. The van der Waals surface area contributed by atoms with Crippen molar-refractivity contribution in [2.24, 2.45) is 0 Å². The van der Waals surface area contributed by atoms with E-state index in [1.165, 1.54) is 0 Å². The Morgan fingerprint density at radius 1 is 0.903 bits per heavy atom. The molecule has 0 aliphatic carbocycles. The number of pyridine rings is 1. The Hall–Kier alpha value is -2.46. The van der Waals surface area contributed by atoms with Crippen LogP contribution in [0.1, 0.15) is 15.9 Å². The molecule has 0 fully saturated rings. The van der Waals surface area contributed by atoms with Crippen LogP contribution in [0.15, 0.2) is 79.0 Å². The van der Waals surface area contributed by atoms with E-state index in [1.807, 2.05) is 48.5 Å². The van der Waals surface area contributed by atoms with Crippen LogP contribution in [-0.4, -0.2) is 22.4 Å². The van der Waals surface area contributed by atoms with E-state index in [0.717, 1.165) is 40.5 Å². The summed E-state index contributed by atoms with van der Waals surface area (Å²) in [5.74, 6) is 1.48. The highest BCUT2D eigenvalue weighted by Crippen LogP contribution is 2.36. The summed E-state index contributed by atoms with van der Waals surface area (Å²) in [4.78, 5) is 18.3. The number of rotatable bonds is 4. The number of nitrogens with zero attached hydrogens (tertiary/aromatic N) is 2. The van der Waals surface area contributed by atoms with Crippen LogP contribution in [0, 0.1) is 7.14 Å². The molecule has 0 aliphatic heterocycles. The third kappa shape index (κ3) is 3.61. The Bertz CT molecular complexity index is 1440. The van der Waals surface area contributed by atoms with Gasteiger partial charge in [-0.25, -0.2) is 4.98 Å². The van der Waals surface area contributed by atoms with Crippen molar-refractivity contribution in [3.63, 3.8) is 0 Å². The van der Waals surface area contributed by atoms with Gasteiger partial charge in [0.25, 0.3) is 0 Å². The molecule has 0 unspecified atom stereocenters. The van der Waals surface area contributed by atoms with Gasteiger partial charge in [0.1, 0.15) is 11.6 Å². The van der Waals surface area contributed by atoms with E-state index in [9.17, 15) is 4.79 Å². The van der Waals surface area contributed by atoms with Gasteiger partial charge in [0.05, 0.1) is 18.1 Å². The molecule has 0 spiro atoms. The minimum Gasteiger partial charge on any atom is -0.497 e. The number of ether oxygens (including phenoxy) is 1. The van der Waals surface area contributed by atoms with Gasteiger partial charge in [0, 0.05) is 35.2 Å². The average molecular weight is 630 g/mol. The number of carbonyl (C=O) groups excluding carboxylic acids is 1. The summed E-state index contributed by atoms with van der Waals surface area (Å²) in [5, 5.41) is 2.15. The molecule has 0 N–H and O–H groups in total. The SMILES string of the molecule is COc1ccc(C(=O)c2cc(I)cc3c4cc(I)ccc4n(-c4ccccn4)c23)cc1. The van der Waals surface area contributed by atoms with Gasteiger partial charge in [-0.3, -0.25) is 9.36 Å². The van der Waals surface area contributed by atoms with Gasteiger partial charge in [-0.1, -0.05) is 6.07 Å². The molecular formula is C25H16I2N2O2. The number of carbonyl (C=O) groups is 1. The van der Waals surface area contributed by atoms with Crippen molar-refractivity contribution in [3.8, 4) is 11.6 Å². The number of halogens is 2. The second-order valence-electron chi connectivity index (χ2n) is 7.09. The lowest BCUT2D eigenvalue weighted by atomic mass is 10.0. The zero-order valence-electron chi connectivity index (χ0n) is 16.5. The Labute approximate surface area is 206 Å². The van der Waals surface area contributed by atoms with Crippen molar-refractivity contribution in [3.05, 3.63) is 97.3 Å². The van der Waals surface area contributed by atoms with Gasteiger partial charge >= 0.3 is 0 Å². The zero-order chi connectivity index (χ0) is 21.5. The summed E-state index contributed by atoms with van der Waals surface area (Å²) in [7, 11) is 1.62. The highest BCUT2D eigenvalue weighted by molar-refractivity contribution is 14.1. The molecule has 0 bridgehead atoms. The fraction of sp³-hybridized carbons (Fsp3) is 0.0400.